The zero-order chi connectivity index (χ0) is 13.7. The van der Waals surface area contributed by atoms with Gasteiger partial charge in [0, 0.05) is 0 Å². The summed E-state index contributed by atoms with van der Waals surface area (Å²) in [6, 6.07) is 5.86. The second kappa shape index (κ2) is 5.95. The van der Waals surface area contributed by atoms with Crippen LogP contribution in [0.3, 0.4) is 0 Å². The molecule has 9 heteroatoms. The molecule has 7 nitrogen and oxygen atoms in total. The second-order valence-corrected chi connectivity index (χ2v) is 5.91. The van der Waals surface area contributed by atoms with E-state index in [9.17, 15) is 8.42 Å². The number of aromatic nitrogens is 2. The van der Waals surface area contributed by atoms with Crippen LogP contribution >= 0.6 is 11.3 Å². The summed E-state index contributed by atoms with van der Waals surface area (Å²) >= 11 is 1.09. The lowest BCUT2D eigenvalue weighted by atomic mass is 10.3. The number of nitrogens with one attached hydrogen (secondary N) is 1. The number of aliphatic hydroxyl groups excluding tert-OH is 1. The van der Waals surface area contributed by atoms with Crippen molar-refractivity contribution in [1.29, 1.82) is 0 Å². The van der Waals surface area contributed by atoms with Gasteiger partial charge in [0.25, 0.3) is 10.0 Å². The Hall–Kier alpha value is -1.71. The molecule has 0 aliphatic carbocycles. The number of ether oxygens (including phenoxy) is 1. The third kappa shape index (κ3) is 3.63. The number of nitrogens with zero attached hydrogens (tertiary/aromatic N) is 2. The van der Waals surface area contributed by atoms with Gasteiger partial charge in [-0.1, -0.05) is 11.3 Å². The van der Waals surface area contributed by atoms with Gasteiger partial charge in [-0.25, -0.2) is 8.42 Å². The molecule has 0 saturated heterocycles. The highest BCUT2D eigenvalue weighted by Gasteiger charge is 2.15. The summed E-state index contributed by atoms with van der Waals surface area (Å²) in [5.41, 5.74) is 1.43. The van der Waals surface area contributed by atoms with Gasteiger partial charge in [0.2, 0.25) is 5.13 Å². The van der Waals surface area contributed by atoms with Gasteiger partial charge in [0.05, 0.1) is 11.5 Å². The van der Waals surface area contributed by atoms with Crippen LogP contribution in [0.25, 0.3) is 0 Å². The molecule has 1 aromatic heterocycles. The van der Waals surface area contributed by atoms with E-state index in [0.717, 1.165) is 11.3 Å². The maximum atomic E-state index is 12.0. The summed E-state index contributed by atoms with van der Waals surface area (Å²) in [7, 11) is -3.67. The van der Waals surface area contributed by atoms with Gasteiger partial charge in [0.1, 0.15) is 17.9 Å². The third-order valence-corrected chi connectivity index (χ3v) is 4.17. The van der Waals surface area contributed by atoms with E-state index in [2.05, 4.69) is 14.9 Å². The van der Waals surface area contributed by atoms with Crippen molar-refractivity contribution < 1.29 is 18.3 Å². The Bertz CT molecular complexity index is 611. The third-order valence-electron chi connectivity index (χ3n) is 2.08. The minimum atomic E-state index is -3.67. The van der Waals surface area contributed by atoms with Gasteiger partial charge in [-0.2, -0.15) is 0 Å². The summed E-state index contributed by atoms with van der Waals surface area (Å²) < 4.78 is 31.4. The standard InChI is InChI=1S/C10H11N3O4S2/c14-5-6-17-8-1-3-9(4-2-8)19(15,16)13-10-12-11-7-18-10/h1-4,7,14H,5-6H2,(H,12,13). The van der Waals surface area contributed by atoms with Crippen molar-refractivity contribution in [3.05, 3.63) is 29.8 Å². The van der Waals surface area contributed by atoms with Gasteiger partial charge < -0.3 is 9.84 Å². The van der Waals surface area contributed by atoms with Crippen LogP contribution < -0.4 is 9.46 Å². The van der Waals surface area contributed by atoms with E-state index in [1.807, 2.05) is 0 Å². The quantitative estimate of drug-likeness (QED) is 0.815. The summed E-state index contributed by atoms with van der Waals surface area (Å²) in [5.74, 6) is 0.490. The molecule has 0 radical (unpaired) electrons. The summed E-state index contributed by atoms with van der Waals surface area (Å²) in [5, 5.41) is 16.0. The zero-order valence-electron chi connectivity index (χ0n) is 9.68. The first kappa shape index (κ1) is 13.7. The van der Waals surface area contributed by atoms with E-state index in [4.69, 9.17) is 9.84 Å². The predicted octanol–water partition coefficient (Wildman–Crippen LogP) is 0.710. The highest BCUT2D eigenvalue weighted by atomic mass is 32.2. The molecule has 0 atom stereocenters. The monoisotopic (exact) mass is 301 g/mol. The van der Waals surface area contributed by atoms with Gasteiger partial charge in [-0.3, -0.25) is 4.72 Å². The van der Waals surface area contributed by atoms with Crippen LogP contribution in [-0.2, 0) is 10.0 Å². The molecular formula is C10H11N3O4S2. The summed E-state index contributed by atoms with van der Waals surface area (Å²) in [6.45, 7) is 0.0633. The number of sulfonamides is 1. The van der Waals surface area contributed by atoms with E-state index >= 15 is 0 Å². The number of rotatable bonds is 6. The normalized spacial score (nSPS) is 11.2. The molecule has 0 bridgehead atoms. The molecule has 0 saturated carbocycles. The molecule has 2 aromatic rings. The van der Waals surface area contributed by atoms with Crippen LogP contribution in [0.2, 0.25) is 0 Å². The first-order chi connectivity index (χ1) is 9.12. The minimum Gasteiger partial charge on any atom is -0.491 e. The highest BCUT2D eigenvalue weighted by molar-refractivity contribution is 7.93. The van der Waals surface area contributed by atoms with Gasteiger partial charge in [0.15, 0.2) is 0 Å². The van der Waals surface area contributed by atoms with Crippen LogP contribution in [0.5, 0.6) is 5.75 Å². The number of hydrogen-bond acceptors (Lipinski definition) is 7. The van der Waals surface area contributed by atoms with E-state index in [1.165, 1.54) is 29.8 Å². The molecule has 0 unspecified atom stereocenters. The molecular weight excluding hydrogens is 290 g/mol. The molecule has 0 aliphatic heterocycles. The molecule has 2 rings (SSSR count). The Balaban J connectivity index is 2.12. The van der Waals surface area contributed by atoms with Gasteiger partial charge in [-0.05, 0) is 24.3 Å². The van der Waals surface area contributed by atoms with Crippen LogP contribution in [-0.4, -0.2) is 36.9 Å². The number of aliphatic hydroxyl groups is 1. The molecule has 0 aliphatic rings. The van der Waals surface area contributed by atoms with Crippen LogP contribution in [0.15, 0.2) is 34.7 Å². The predicted molar refractivity (Wildman–Crippen MR) is 69.7 cm³/mol. The first-order valence-corrected chi connectivity index (χ1v) is 7.61. The van der Waals surface area contributed by atoms with Gasteiger partial charge in [-0.15, -0.1) is 10.2 Å². The molecule has 1 aromatic carbocycles. The fourth-order valence-corrected chi connectivity index (χ4v) is 2.96. The Morgan fingerprint density at radius 3 is 2.63 bits per heavy atom. The summed E-state index contributed by atoms with van der Waals surface area (Å²) in [4.78, 5) is 0.0963. The number of anilines is 1. The Morgan fingerprint density at radius 2 is 2.05 bits per heavy atom. The van der Waals surface area contributed by atoms with Gasteiger partial charge >= 0.3 is 0 Å². The Morgan fingerprint density at radius 1 is 1.32 bits per heavy atom. The average Bonchev–Trinajstić information content (AvgIpc) is 2.89. The number of hydrogen-bond donors (Lipinski definition) is 2. The lowest BCUT2D eigenvalue weighted by molar-refractivity contribution is 0.201. The lowest BCUT2D eigenvalue weighted by Gasteiger charge is -2.07. The Labute approximate surface area is 113 Å². The molecule has 19 heavy (non-hydrogen) atoms. The molecule has 102 valence electrons. The maximum absolute atomic E-state index is 12.0. The fourth-order valence-electron chi connectivity index (χ4n) is 1.27. The van der Waals surface area contributed by atoms with Crippen molar-refractivity contribution in [1.82, 2.24) is 10.2 Å². The Kier molecular flexibility index (Phi) is 4.30. The van der Waals surface area contributed by atoms with Crippen molar-refractivity contribution >= 4 is 26.5 Å². The van der Waals surface area contributed by atoms with E-state index < -0.39 is 10.0 Å². The smallest absolute Gasteiger partial charge is 0.263 e. The largest absolute Gasteiger partial charge is 0.491 e. The topological polar surface area (TPSA) is 101 Å². The average molecular weight is 301 g/mol. The van der Waals surface area contributed by atoms with E-state index in [-0.39, 0.29) is 23.2 Å². The molecule has 0 amide bonds. The first-order valence-electron chi connectivity index (χ1n) is 5.24. The minimum absolute atomic E-state index is 0.0963. The van der Waals surface area contributed by atoms with Crippen molar-refractivity contribution in [2.24, 2.45) is 0 Å². The van der Waals surface area contributed by atoms with Crippen molar-refractivity contribution in [3.8, 4) is 5.75 Å². The second-order valence-electron chi connectivity index (χ2n) is 3.39. The zero-order valence-corrected chi connectivity index (χ0v) is 11.3. The van der Waals surface area contributed by atoms with Crippen LogP contribution in [0, 0.1) is 0 Å². The van der Waals surface area contributed by atoms with Crippen molar-refractivity contribution in [2.45, 2.75) is 4.90 Å². The molecule has 0 spiro atoms. The summed E-state index contributed by atoms with van der Waals surface area (Å²) in [6.07, 6.45) is 0. The molecule has 1 heterocycles. The van der Waals surface area contributed by atoms with E-state index in [1.54, 1.807) is 0 Å². The fraction of sp³-hybridized carbons (Fsp3) is 0.200. The van der Waals surface area contributed by atoms with Crippen LogP contribution in [0.4, 0.5) is 5.13 Å². The molecule has 2 N–H and O–H groups in total. The van der Waals surface area contributed by atoms with Crippen molar-refractivity contribution in [3.63, 3.8) is 0 Å². The lowest BCUT2D eigenvalue weighted by Crippen LogP contribution is -2.12. The molecule has 0 fully saturated rings. The van der Waals surface area contributed by atoms with Crippen molar-refractivity contribution in [2.75, 3.05) is 17.9 Å². The SMILES string of the molecule is O=S(=O)(Nc1nncs1)c1ccc(OCCO)cc1. The van der Waals surface area contributed by atoms with E-state index in [0.29, 0.717) is 5.75 Å². The van der Waals surface area contributed by atoms with Crippen LogP contribution in [0.1, 0.15) is 0 Å². The highest BCUT2D eigenvalue weighted by Crippen LogP contribution is 2.19. The maximum Gasteiger partial charge on any atom is 0.263 e. The number of benzene rings is 1.